The first-order valence-electron chi connectivity index (χ1n) is 6.52. The standard InChI is InChI=1S/C15H16ClNO3/c1-2-20-15(19)13-12(16)8-9-17(14(13)18)10-11-6-4-3-5-7-11/h3-7H,2,8-10H2,1H3. The molecule has 1 amide bonds. The summed E-state index contributed by atoms with van der Waals surface area (Å²) in [5.74, 6) is -0.996. The lowest BCUT2D eigenvalue weighted by molar-refractivity contribution is -0.142. The largest absolute Gasteiger partial charge is 0.462 e. The lowest BCUT2D eigenvalue weighted by Gasteiger charge is -2.28. The number of carbonyl (C=O) groups is 2. The first kappa shape index (κ1) is 14.6. The fraction of sp³-hybridized carbons (Fsp3) is 0.333. The van der Waals surface area contributed by atoms with E-state index in [1.807, 2.05) is 30.3 Å². The highest BCUT2D eigenvalue weighted by Gasteiger charge is 2.32. The second-order valence-electron chi connectivity index (χ2n) is 4.46. The molecule has 1 aromatic rings. The van der Waals surface area contributed by atoms with Crippen LogP contribution in [-0.4, -0.2) is 29.9 Å². The Hall–Kier alpha value is -1.81. The number of halogens is 1. The molecule has 20 heavy (non-hydrogen) atoms. The van der Waals surface area contributed by atoms with Gasteiger partial charge in [-0.2, -0.15) is 0 Å². The Bertz CT molecular complexity index is 539. The maximum atomic E-state index is 12.3. The molecule has 1 aromatic carbocycles. The Morgan fingerprint density at radius 3 is 2.70 bits per heavy atom. The number of carbonyl (C=O) groups excluding carboxylic acids is 2. The summed E-state index contributed by atoms with van der Waals surface area (Å²) in [6.45, 7) is 2.89. The van der Waals surface area contributed by atoms with Crippen molar-refractivity contribution in [3.8, 4) is 0 Å². The fourth-order valence-electron chi connectivity index (χ4n) is 2.09. The second kappa shape index (κ2) is 6.57. The van der Waals surface area contributed by atoms with Gasteiger partial charge in [-0.3, -0.25) is 4.79 Å². The van der Waals surface area contributed by atoms with Crippen LogP contribution in [0.3, 0.4) is 0 Å². The van der Waals surface area contributed by atoms with Crippen LogP contribution >= 0.6 is 11.6 Å². The summed E-state index contributed by atoms with van der Waals surface area (Å²) in [4.78, 5) is 25.8. The Morgan fingerprint density at radius 2 is 2.05 bits per heavy atom. The van der Waals surface area contributed by atoms with Crippen molar-refractivity contribution in [2.45, 2.75) is 19.9 Å². The molecule has 0 atom stereocenters. The molecule has 106 valence electrons. The summed E-state index contributed by atoms with van der Waals surface area (Å²) in [6, 6.07) is 9.63. The van der Waals surface area contributed by atoms with E-state index in [0.717, 1.165) is 5.56 Å². The molecule has 0 spiro atoms. The van der Waals surface area contributed by atoms with Crippen LogP contribution in [0.1, 0.15) is 18.9 Å². The third-order valence-electron chi connectivity index (χ3n) is 3.07. The zero-order valence-electron chi connectivity index (χ0n) is 11.3. The molecule has 0 aliphatic carbocycles. The van der Waals surface area contributed by atoms with Crippen molar-refractivity contribution < 1.29 is 14.3 Å². The molecule has 5 heteroatoms. The molecule has 0 saturated heterocycles. The molecule has 0 aromatic heterocycles. The van der Waals surface area contributed by atoms with Gasteiger partial charge in [-0.1, -0.05) is 41.9 Å². The molecular formula is C15H16ClNO3. The molecule has 0 saturated carbocycles. The number of hydrogen-bond donors (Lipinski definition) is 0. The summed E-state index contributed by atoms with van der Waals surface area (Å²) < 4.78 is 4.89. The number of esters is 1. The molecule has 1 heterocycles. The average molecular weight is 294 g/mol. The van der Waals surface area contributed by atoms with Crippen molar-refractivity contribution in [2.24, 2.45) is 0 Å². The molecule has 0 unspecified atom stereocenters. The van der Waals surface area contributed by atoms with Gasteiger partial charge in [0.15, 0.2) is 0 Å². The van der Waals surface area contributed by atoms with Crippen LogP contribution in [0.2, 0.25) is 0 Å². The van der Waals surface area contributed by atoms with Crippen molar-refractivity contribution in [1.29, 1.82) is 0 Å². The third kappa shape index (κ3) is 3.20. The molecular weight excluding hydrogens is 278 g/mol. The number of nitrogens with zero attached hydrogens (tertiary/aromatic N) is 1. The van der Waals surface area contributed by atoms with Crippen LogP contribution in [0.5, 0.6) is 0 Å². The quantitative estimate of drug-likeness (QED) is 0.633. The van der Waals surface area contributed by atoms with Crippen molar-refractivity contribution in [1.82, 2.24) is 4.90 Å². The van der Waals surface area contributed by atoms with Gasteiger partial charge in [-0.15, -0.1) is 0 Å². The zero-order chi connectivity index (χ0) is 14.5. The average Bonchev–Trinajstić information content (AvgIpc) is 2.44. The molecule has 0 radical (unpaired) electrons. The van der Waals surface area contributed by atoms with Gasteiger partial charge in [0.05, 0.1) is 6.61 Å². The predicted molar refractivity (Wildman–Crippen MR) is 76.0 cm³/mol. The molecule has 2 rings (SSSR count). The highest BCUT2D eigenvalue weighted by Crippen LogP contribution is 2.24. The zero-order valence-corrected chi connectivity index (χ0v) is 12.0. The Morgan fingerprint density at radius 1 is 1.35 bits per heavy atom. The van der Waals surface area contributed by atoms with Crippen LogP contribution in [0, 0.1) is 0 Å². The van der Waals surface area contributed by atoms with E-state index in [-0.39, 0.29) is 23.1 Å². The normalized spacial score (nSPS) is 15.5. The van der Waals surface area contributed by atoms with Gasteiger partial charge in [0, 0.05) is 24.5 Å². The number of ether oxygens (including phenoxy) is 1. The summed E-state index contributed by atoms with van der Waals surface area (Å²) in [6.07, 6.45) is 0.480. The van der Waals surface area contributed by atoms with Gasteiger partial charge in [-0.25, -0.2) is 4.79 Å². The molecule has 0 N–H and O–H groups in total. The van der Waals surface area contributed by atoms with Crippen molar-refractivity contribution in [3.63, 3.8) is 0 Å². The van der Waals surface area contributed by atoms with E-state index in [9.17, 15) is 9.59 Å². The number of hydrogen-bond acceptors (Lipinski definition) is 3. The SMILES string of the molecule is CCOC(=O)C1=C(Cl)CCN(Cc2ccccc2)C1=O. The van der Waals surface area contributed by atoms with Gasteiger partial charge < -0.3 is 9.64 Å². The predicted octanol–water partition coefficient (Wildman–Crippen LogP) is 2.47. The van der Waals surface area contributed by atoms with E-state index in [1.54, 1.807) is 11.8 Å². The van der Waals surface area contributed by atoms with Crippen LogP contribution in [0.15, 0.2) is 40.9 Å². The molecule has 0 fully saturated rings. The summed E-state index contributed by atoms with van der Waals surface area (Å²) in [7, 11) is 0. The first-order chi connectivity index (χ1) is 9.63. The summed E-state index contributed by atoms with van der Waals surface area (Å²) in [5, 5.41) is 0.290. The lowest BCUT2D eigenvalue weighted by atomic mass is 10.1. The van der Waals surface area contributed by atoms with Gasteiger partial charge in [0.25, 0.3) is 5.91 Å². The maximum Gasteiger partial charge on any atom is 0.344 e. The minimum absolute atomic E-state index is 0.0318. The smallest absolute Gasteiger partial charge is 0.344 e. The third-order valence-corrected chi connectivity index (χ3v) is 3.45. The summed E-state index contributed by atoms with van der Waals surface area (Å²) >= 11 is 6.01. The molecule has 1 aliphatic rings. The lowest BCUT2D eigenvalue weighted by Crippen LogP contribution is -2.39. The van der Waals surface area contributed by atoms with Gasteiger partial charge in [0.1, 0.15) is 5.57 Å². The minimum Gasteiger partial charge on any atom is -0.462 e. The van der Waals surface area contributed by atoms with Crippen molar-refractivity contribution >= 4 is 23.5 Å². The monoisotopic (exact) mass is 293 g/mol. The van der Waals surface area contributed by atoms with Crippen LogP contribution in [-0.2, 0) is 20.9 Å². The molecule has 0 bridgehead atoms. The van der Waals surface area contributed by atoms with Crippen LogP contribution in [0.25, 0.3) is 0 Å². The van der Waals surface area contributed by atoms with E-state index >= 15 is 0 Å². The first-order valence-corrected chi connectivity index (χ1v) is 6.90. The van der Waals surface area contributed by atoms with E-state index in [0.29, 0.717) is 19.5 Å². The van der Waals surface area contributed by atoms with E-state index < -0.39 is 5.97 Å². The maximum absolute atomic E-state index is 12.3. The molecule has 4 nitrogen and oxygen atoms in total. The Balaban J connectivity index is 2.15. The second-order valence-corrected chi connectivity index (χ2v) is 4.92. The van der Waals surface area contributed by atoms with Crippen LogP contribution in [0.4, 0.5) is 0 Å². The van der Waals surface area contributed by atoms with E-state index in [2.05, 4.69) is 0 Å². The number of rotatable bonds is 4. The Kier molecular flexibility index (Phi) is 4.79. The Labute approximate surface area is 123 Å². The topological polar surface area (TPSA) is 46.6 Å². The highest BCUT2D eigenvalue weighted by atomic mass is 35.5. The van der Waals surface area contributed by atoms with Crippen molar-refractivity contribution in [3.05, 3.63) is 46.5 Å². The van der Waals surface area contributed by atoms with Crippen molar-refractivity contribution in [2.75, 3.05) is 13.2 Å². The number of benzene rings is 1. The van der Waals surface area contributed by atoms with Gasteiger partial charge in [0.2, 0.25) is 0 Å². The highest BCUT2D eigenvalue weighted by molar-refractivity contribution is 6.36. The van der Waals surface area contributed by atoms with Gasteiger partial charge >= 0.3 is 5.97 Å². The summed E-state index contributed by atoms with van der Waals surface area (Å²) in [5.41, 5.74) is 0.984. The molecule has 1 aliphatic heterocycles. The van der Waals surface area contributed by atoms with Crippen LogP contribution < -0.4 is 0 Å². The van der Waals surface area contributed by atoms with E-state index in [4.69, 9.17) is 16.3 Å². The van der Waals surface area contributed by atoms with E-state index in [1.165, 1.54) is 0 Å². The number of amides is 1. The minimum atomic E-state index is -0.639. The fourth-order valence-corrected chi connectivity index (χ4v) is 2.33. The van der Waals surface area contributed by atoms with Gasteiger partial charge in [-0.05, 0) is 12.5 Å².